The fraction of sp³-hybridized carbons (Fsp3) is 0.310. The Kier molecular flexibility index (Phi) is 7.79. The summed E-state index contributed by atoms with van der Waals surface area (Å²) in [5, 5.41) is 0.555. The summed E-state index contributed by atoms with van der Waals surface area (Å²) in [7, 11) is 0. The molecule has 1 aromatic heterocycles. The number of ether oxygens (including phenoxy) is 1. The largest absolute Gasteiger partial charge is 0.470 e. The van der Waals surface area contributed by atoms with Crippen LogP contribution in [0.15, 0.2) is 89.7 Å². The Hall–Kier alpha value is -3.42. The van der Waals surface area contributed by atoms with Crippen molar-refractivity contribution in [1.82, 2.24) is 19.4 Å². The molecule has 1 fully saturated rings. The Labute approximate surface area is 217 Å². The summed E-state index contributed by atoms with van der Waals surface area (Å²) in [6.07, 6.45) is 1.72. The number of nitrogens with one attached hydrogen (secondary N) is 1. The minimum Gasteiger partial charge on any atom is -0.470 e. The lowest BCUT2D eigenvalue weighted by molar-refractivity contribution is 0.160. The molecule has 0 amide bonds. The van der Waals surface area contributed by atoms with E-state index >= 15 is 0 Å². The second kappa shape index (κ2) is 11.5. The first-order valence-electron chi connectivity index (χ1n) is 12.6. The van der Waals surface area contributed by atoms with Crippen molar-refractivity contribution in [2.45, 2.75) is 32.0 Å². The van der Waals surface area contributed by atoms with Gasteiger partial charge in [0.1, 0.15) is 6.61 Å². The minimum atomic E-state index is -0.0367. The first-order valence-corrected chi connectivity index (χ1v) is 13.0. The van der Waals surface area contributed by atoms with Crippen molar-refractivity contribution in [3.8, 4) is 0 Å². The summed E-state index contributed by atoms with van der Waals surface area (Å²) in [6, 6.07) is 29.1. The fourth-order valence-corrected chi connectivity index (χ4v) is 5.26. The first-order chi connectivity index (χ1) is 17.7. The van der Waals surface area contributed by atoms with Crippen LogP contribution in [0.1, 0.15) is 30.0 Å². The van der Waals surface area contributed by atoms with E-state index in [-0.39, 0.29) is 11.7 Å². The van der Waals surface area contributed by atoms with Crippen molar-refractivity contribution in [3.05, 3.63) is 107 Å². The van der Waals surface area contributed by atoms with Crippen LogP contribution in [0.2, 0.25) is 0 Å². The number of likely N-dealkylation sites (tertiary alicyclic amines) is 1. The number of H-pyrrole nitrogens is 1. The van der Waals surface area contributed by atoms with E-state index in [1.54, 1.807) is 0 Å². The molecule has 1 saturated heterocycles. The van der Waals surface area contributed by atoms with Crippen LogP contribution in [0.4, 0.5) is 0 Å². The third kappa shape index (κ3) is 5.86. The van der Waals surface area contributed by atoms with Crippen LogP contribution in [-0.2, 0) is 17.8 Å². The molecule has 0 aliphatic carbocycles. The van der Waals surface area contributed by atoms with Gasteiger partial charge in [-0.15, -0.1) is 0 Å². The van der Waals surface area contributed by atoms with Gasteiger partial charge in [-0.05, 0) is 48.3 Å². The third-order valence-electron chi connectivity index (χ3n) is 6.84. The maximum atomic E-state index is 12.6. The Balaban J connectivity index is 1.14. The number of hydrogen-bond donors (Lipinski definition) is 1. The second-order valence-corrected chi connectivity index (χ2v) is 9.68. The van der Waals surface area contributed by atoms with Gasteiger partial charge in [-0.3, -0.25) is 9.47 Å². The molecule has 0 bridgehead atoms. The molecule has 0 radical (unpaired) electrons. The number of aromatic amines is 1. The number of piperidine rings is 1. The molecule has 5 rings (SSSR count). The molecule has 1 N–H and O–H groups in total. The number of benzene rings is 3. The number of aromatic nitrogens is 2. The Morgan fingerprint density at radius 1 is 0.889 bits per heavy atom. The number of imidazole rings is 1. The Morgan fingerprint density at radius 3 is 2.11 bits per heavy atom. The predicted octanol–water partition coefficient (Wildman–Crippen LogP) is 4.97. The molecule has 36 heavy (non-hydrogen) atoms. The van der Waals surface area contributed by atoms with Crippen molar-refractivity contribution >= 4 is 28.4 Å². The van der Waals surface area contributed by atoms with E-state index in [1.807, 2.05) is 41.0 Å². The molecule has 3 aromatic carbocycles. The van der Waals surface area contributed by atoms with Crippen molar-refractivity contribution in [2.75, 3.05) is 26.2 Å². The highest BCUT2D eigenvalue weighted by molar-refractivity contribution is 7.80. The molecule has 0 spiro atoms. The molecule has 186 valence electrons. The normalized spacial score (nSPS) is 14.4. The molecule has 0 atom stereocenters. The van der Waals surface area contributed by atoms with E-state index in [1.165, 1.54) is 11.1 Å². The standard InChI is InChI=1S/C29H32N4O2S/c34-28-30-26-13-7-8-14-27(26)33(28)25-15-17-32(18-16-25)29(36)35-20-19-31(21-23-9-3-1-4-10-23)22-24-11-5-2-6-12-24/h1-14,25H,15-22H2,(H,30,34). The second-order valence-electron chi connectivity index (χ2n) is 9.33. The molecule has 6 nitrogen and oxygen atoms in total. The molecular weight excluding hydrogens is 468 g/mol. The topological polar surface area (TPSA) is 53.5 Å². The first kappa shape index (κ1) is 24.3. The summed E-state index contributed by atoms with van der Waals surface area (Å²) in [6.45, 7) is 4.61. The highest BCUT2D eigenvalue weighted by Gasteiger charge is 2.25. The van der Waals surface area contributed by atoms with Crippen molar-refractivity contribution in [1.29, 1.82) is 0 Å². The van der Waals surface area contributed by atoms with E-state index in [0.717, 1.165) is 56.6 Å². The highest BCUT2D eigenvalue weighted by Crippen LogP contribution is 2.25. The number of hydrogen-bond acceptors (Lipinski definition) is 4. The Bertz CT molecular complexity index is 1290. The predicted molar refractivity (Wildman–Crippen MR) is 148 cm³/mol. The average molecular weight is 501 g/mol. The van der Waals surface area contributed by atoms with Gasteiger partial charge in [0.2, 0.25) is 0 Å². The quantitative estimate of drug-likeness (QED) is 0.346. The van der Waals surface area contributed by atoms with Gasteiger partial charge in [-0.2, -0.15) is 0 Å². The van der Waals surface area contributed by atoms with Crippen LogP contribution in [0.5, 0.6) is 0 Å². The van der Waals surface area contributed by atoms with Gasteiger partial charge in [0, 0.05) is 38.8 Å². The van der Waals surface area contributed by atoms with Gasteiger partial charge >= 0.3 is 5.69 Å². The molecular formula is C29H32N4O2S. The summed E-state index contributed by atoms with van der Waals surface area (Å²) >= 11 is 5.64. The summed E-state index contributed by atoms with van der Waals surface area (Å²) in [5.41, 5.74) is 4.39. The molecule has 0 unspecified atom stereocenters. The molecule has 7 heteroatoms. The van der Waals surface area contributed by atoms with Crippen LogP contribution in [0.25, 0.3) is 11.0 Å². The lowest BCUT2D eigenvalue weighted by Crippen LogP contribution is -2.41. The maximum Gasteiger partial charge on any atom is 0.326 e. The lowest BCUT2D eigenvalue weighted by atomic mass is 10.1. The smallest absolute Gasteiger partial charge is 0.326 e. The van der Waals surface area contributed by atoms with E-state index in [9.17, 15) is 4.79 Å². The van der Waals surface area contributed by atoms with Gasteiger partial charge in [-0.1, -0.05) is 72.8 Å². The third-order valence-corrected chi connectivity index (χ3v) is 7.22. The van der Waals surface area contributed by atoms with E-state index in [4.69, 9.17) is 17.0 Å². The van der Waals surface area contributed by atoms with E-state index < -0.39 is 0 Å². The van der Waals surface area contributed by atoms with E-state index in [2.05, 4.69) is 63.3 Å². The SMILES string of the molecule is O=c1[nH]c2ccccc2n1C1CCN(C(=S)OCCN(Cc2ccccc2)Cc2ccccc2)CC1. The van der Waals surface area contributed by atoms with Gasteiger partial charge in [0.25, 0.3) is 5.17 Å². The number of rotatable bonds is 8. The van der Waals surface area contributed by atoms with Crippen LogP contribution in [-0.4, -0.2) is 50.8 Å². The van der Waals surface area contributed by atoms with Gasteiger partial charge in [0.15, 0.2) is 0 Å². The zero-order valence-corrected chi connectivity index (χ0v) is 21.2. The highest BCUT2D eigenvalue weighted by atomic mass is 32.1. The lowest BCUT2D eigenvalue weighted by Gasteiger charge is -2.33. The monoisotopic (exact) mass is 500 g/mol. The van der Waals surface area contributed by atoms with E-state index in [0.29, 0.717) is 11.8 Å². The van der Waals surface area contributed by atoms with Crippen molar-refractivity contribution < 1.29 is 4.74 Å². The van der Waals surface area contributed by atoms with Gasteiger partial charge in [-0.25, -0.2) is 4.79 Å². The van der Waals surface area contributed by atoms with Crippen LogP contribution >= 0.6 is 12.2 Å². The van der Waals surface area contributed by atoms with Gasteiger partial charge < -0.3 is 14.6 Å². The Morgan fingerprint density at radius 2 is 1.47 bits per heavy atom. The van der Waals surface area contributed by atoms with Crippen LogP contribution in [0.3, 0.4) is 0 Å². The number of nitrogens with zero attached hydrogens (tertiary/aromatic N) is 3. The minimum absolute atomic E-state index is 0.0367. The molecule has 2 heterocycles. The molecule has 1 aliphatic rings. The van der Waals surface area contributed by atoms with Crippen LogP contribution in [0, 0.1) is 0 Å². The van der Waals surface area contributed by atoms with Crippen LogP contribution < -0.4 is 5.69 Å². The number of para-hydroxylation sites is 2. The maximum absolute atomic E-state index is 12.6. The molecule has 0 saturated carbocycles. The number of thiocarbonyl (C=S) groups is 1. The molecule has 4 aromatic rings. The summed E-state index contributed by atoms with van der Waals surface area (Å²) in [4.78, 5) is 20.1. The molecule has 1 aliphatic heterocycles. The summed E-state index contributed by atoms with van der Waals surface area (Å²) in [5.74, 6) is 0. The fourth-order valence-electron chi connectivity index (χ4n) is 4.99. The van der Waals surface area contributed by atoms with Gasteiger partial charge in [0.05, 0.1) is 11.0 Å². The average Bonchev–Trinajstić information content (AvgIpc) is 3.25. The zero-order valence-electron chi connectivity index (χ0n) is 20.4. The van der Waals surface area contributed by atoms with Crippen molar-refractivity contribution in [3.63, 3.8) is 0 Å². The zero-order chi connectivity index (χ0) is 24.7. The van der Waals surface area contributed by atoms with Crippen molar-refractivity contribution in [2.24, 2.45) is 0 Å². The summed E-state index contributed by atoms with van der Waals surface area (Å²) < 4.78 is 7.95. The number of fused-ring (bicyclic) bond motifs is 1.